The molecule has 3 fully saturated rings. The molecule has 8 unspecified atom stereocenters. The molecule has 3 aliphatic rings. The van der Waals surface area contributed by atoms with E-state index >= 15 is 0 Å². The molecule has 1 saturated carbocycles. The lowest BCUT2D eigenvalue weighted by molar-refractivity contribution is -0.196. The number of hydrogen-bond acceptors (Lipinski definition) is 9. The maximum absolute atomic E-state index is 13.1. The normalized spacial score (nSPS) is 40.4. The largest absolute Gasteiger partial charge is 0.458 e. The first kappa shape index (κ1) is 23.1. The van der Waals surface area contributed by atoms with Crippen LogP contribution in [0.3, 0.4) is 0 Å². The van der Waals surface area contributed by atoms with Gasteiger partial charge in [0.15, 0.2) is 23.6 Å². The van der Waals surface area contributed by atoms with Crippen LogP contribution in [0.2, 0.25) is 0 Å². The van der Waals surface area contributed by atoms with Gasteiger partial charge in [-0.15, -0.1) is 0 Å². The average molecular weight is 436 g/mol. The molecule has 0 amide bonds. The summed E-state index contributed by atoms with van der Waals surface area (Å²) in [5, 5.41) is 11.2. The molecule has 3 rings (SSSR count). The lowest BCUT2D eigenvalue weighted by atomic mass is 9.75. The average Bonchev–Trinajstić information content (AvgIpc) is 3.44. The number of hydrogen-bond donors (Lipinski definition) is 1. The zero-order valence-corrected chi connectivity index (χ0v) is 18.2. The van der Waals surface area contributed by atoms with Gasteiger partial charge < -0.3 is 24.1 Å². The fourth-order valence-electron chi connectivity index (χ4n) is 4.29. The highest BCUT2D eigenvalue weighted by Crippen LogP contribution is 2.45. The molecule has 0 aromatic carbocycles. The van der Waals surface area contributed by atoms with E-state index in [1.54, 1.807) is 6.92 Å². The van der Waals surface area contributed by atoms with Crippen LogP contribution in [0.1, 0.15) is 41.0 Å². The molecule has 170 valence electrons. The molecule has 0 radical (unpaired) electrons. The van der Waals surface area contributed by atoms with Gasteiger partial charge in [-0.1, -0.05) is 19.6 Å². The third kappa shape index (κ3) is 4.16. The van der Waals surface area contributed by atoms with Gasteiger partial charge in [-0.05, 0) is 33.1 Å². The van der Waals surface area contributed by atoms with Crippen molar-refractivity contribution < 1.29 is 43.2 Å². The first-order valence-corrected chi connectivity index (χ1v) is 10.2. The van der Waals surface area contributed by atoms with Gasteiger partial charge in [0.25, 0.3) is 0 Å². The smallest absolute Gasteiger partial charge is 0.334 e. The zero-order chi connectivity index (χ0) is 23.2. The minimum absolute atomic E-state index is 0.0161. The summed E-state index contributed by atoms with van der Waals surface area (Å²) in [6.45, 7) is 11.1. The van der Waals surface area contributed by atoms with Gasteiger partial charge in [-0.25, -0.2) is 9.59 Å². The number of rotatable bonds is 3. The molecule has 1 aliphatic carbocycles. The number of epoxide rings is 1. The summed E-state index contributed by atoms with van der Waals surface area (Å²) in [6, 6.07) is 0. The van der Waals surface area contributed by atoms with Crippen LogP contribution >= 0.6 is 0 Å². The predicted molar refractivity (Wildman–Crippen MR) is 105 cm³/mol. The quantitative estimate of drug-likeness (QED) is 0.298. The van der Waals surface area contributed by atoms with Crippen LogP contribution in [0.25, 0.3) is 0 Å². The Morgan fingerprint density at radius 2 is 1.90 bits per heavy atom. The Hall–Kier alpha value is -2.52. The number of ether oxygens (including phenoxy) is 4. The van der Waals surface area contributed by atoms with Crippen molar-refractivity contribution in [1.29, 1.82) is 0 Å². The van der Waals surface area contributed by atoms with Gasteiger partial charge >= 0.3 is 17.9 Å². The first-order chi connectivity index (χ1) is 14.4. The van der Waals surface area contributed by atoms with Crippen molar-refractivity contribution in [3.63, 3.8) is 0 Å². The number of carbonyl (C=O) groups excluding carboxylic acids is 4. The molecule has 9 nitrogen and oxygen atoms in total. The van der Waals surface area contributed by atoms with Gasteiger partial charge in [0.1, 0.15) is 12.2 Å². The molecule has 1 N–H and O–H groups in total. The van der Waals surface area contributed by atoms with Crippen LogP contribution in [-0.4, -0.2) is 64.9 Å². The Morgan fingerprint density at radius 1 is 1.26 bits per heavy atom. The predicted octanol–water partition coefficient (Wildman–Crippen LogP) is 1.02. The molecule has 0 aromatic rings. The number of Topliss-reactive ketones (excluding diaryl/α,β-unsaturated/α-hetero) is 1. The highest BCUT2D eigenvalue weighted by Gasteiger charge is 2.63. The summed E-state index contributed by atoms with van der Waals surface area (Å²) < 4.78 is 22.0. The molecule has 0 bridgehead atoms. The van der Waals surface area contributed by atoms with E-state index in [0.29, 0.717) is 6.42 Å². The molecule has 0 spiro atoms. The minimum Gasteiger partial charge on any atom is -0.458 e. The van der Waals surface area contributed by atoms with E-state index in [1.807, 2.05) is 6.92 Å². The molecule has 9 heteroatoms. The third-order valence-electron chi connectivity index (χ3n) is 6.27. The van der Waals surface area contributed by atoms with Crippen molar-refractivity contribution in [2.24, 2.45) is 11.8 Å². The van der Waals surface area contributed by atoms with Gasteiger partial charge in [0, 0.05) is 18.1 Å². The van der Waals surface area contributed by atoms with Crippen molar-refractivity contribution in [3.8, 4) is 0 Å². The monoisotopic (exact) mass is 436 g/mol. The lowest BCUT2D eigenvalue weighted by Crippen LogP contribution is -2.60. The van der Waals surface area contributed by atoms with E-state index < -0.39 is 65.7 Å². The SMILES string of the molecule is C=C1C(=O)OC2CC(C)C3OC3C(=O)C(C)(O)C(OC(C)=O)C(OC(=O)C(C)=CC)C12. The zero-order valence-electron chi connectivity index (χ0n) is 18.2. The van der Waals surface area contributed by atoms with Crippen LogP contribution in [0, 0.1) is 11.8 Å². The van der Waals surface area contributed by atoms with Crippen molar-refractivity contribution in [2.75, 3.05) is 0 Å². The van der Waals surface area contributed by atoms with E-state index in [2.05, 4.69) is 6.58 Å². The van der Waals surface area contributed by atoms with E-state index in [0.717, 1.165) is 6.92 Å². The summed E-state index contributed by atoms with van der Waals surface area (Å²) in [7, 11) is 0. The van der Waals surface area contributed by atoms with Crippen molar-refractivity contribution in [1.82, 2.24) is 0 Å². The Balaban J connectivity index is 2.14. The topological polar surface area (TPSA) is 129 Å². The molecule has 0 aromatic heterocycles. The summed E-state index contributed by atoms with van der Waals surface area (Å²) in [4.78, 5) is 50.0. The fraction of sp³-hybridized carbons (Fsp3) is 0.636. The van der Waals surface area contributed by atoms with E-state index in [1.165, 1.54) is 19.9 Å². The van der Waals surface area contributed by atoms with E-state index in [9.17, 15) is 24.3 Å². The second-order valence-corrected chi connectivity index (χ2v) is 8.61. The summed E-state index contributed by atoms with van der Waals surface area (Å²) >= 11 is 0. The molecule has 2 saturated heterocycles. The number of aliphatic hydroxyl groups is 1. The van der Waals surface area contributed by atoms with Crippen molar-refractivity contribution in [2.45, 2.75) is 77.2 Å². The molecule has 2 heterocycles. The van der Waals surface area contributed by atoms with Crippen LogP contribution in [-0.2, 0) is 38.1 Å². The number of fused-ring (bicyclic) bond motifs is 2. The number of esters is 3. The third-order valence-corrected chi connectivity index (χ3v) is 6.27. The van der Waals surface area contributed by atoms with E-state index in [-0.39, 0.29) is 17.1 Å². The highest BCUT2D eigenvalue weighted by molar-refractivity contribution is 5.95. The Morgan fingerprint density at radius 3 is 2.48 bits per heavy atom. The second-order valence-electron chi connectivity index (χ2n) is 8.61. The van der Waals surface area contributed by atoms with Gasteiger partial charge in [-0.3, -0.25) is 9.59 Å². The molecular formula is C22H28O9. The van der Waals surface area contributed by atoms with Gasteiger partial charge in [0.05, 0.1) is 12.0 Å². The van der Waals surface area contributed by atoms with Crippen LogP contribution in [0.15, 0.2) is 23.8 Å². The number of carbonyl (C=O) groups is 4. The van der Waals surface area contributed by atoms with E-state index in [4.69, 9.17) is 18.9 Å². The van der Waals surface area contributed by atoms with Gasteiger partial charge in [-0.2, -0.15) is 0 Å². The summed E-state index contributed by atoms with van der Waals surface area (Å²) in [5.74, 6) is -4.02. The van der Waals surface area contributed by atoms with Crippen LogP contribution in [0.5, 0.6) is 0 Å². The van der Waals surface area contributed by atoms with Crippen LogP contribution in [0.4, 0.5) is 0 Å². The second kappa shape index (κ2) is 8.20. The Labute approximate surface area is 180 Å². The van der Waals surface area contributed by atoms with Crippen molar-refractivity contribution in [3.05, 3.63) is 23.8 Å². The molecule has 2 aliphatic heterocycles. The fourth-order valence-corrected chi connectivity index (χ4v) is 4.29. The maximum Gasteiger partial charge on any atom is 0.334 e. The molecule has 8 atom stereocenters. The van der Waals surface area contributed by atoms with Gasteiger partial charge in [0.2, 0.25) is 0 Å². The molecular weight excluding hydrogens is 408 g/mol. The number of ketones is 1. The number of allylic oxidation sites excluding steroid dienone is 1. The Kier molecular flexibility index (Phi) is 6.12. The summed E-state index contributed by atoms with van der Waals surface area (Å²) in [5.41, 5.74) is -1.98. The summed E-state index contributed by atoms with van der Waals surface area (Å²) in [6.07, 6.45) is -3.27. The minimum atomic E-state index is -2.26. The lowest BCUT2D eigenvalue weighted by Gasteiger charge is -2.39. The standard InChI is InChI=1S/C22H28O9/c1-7-9(2)20(25)31-16-14-11(4)21(26)29-13(14)8-10(3)15-17(30-15)18(24)22(6,27)19(16)28-12(5)23/h7,10,13-17,19,27H,4,8H2,1-3,5-6H3. The van der Waals surface area contributed by atoms with Crippen molar-refractivity contribution >= 4 is 23.7 Å². The first-order valence-electron chi connectivity index (χ1n) is 10.2. The maximum atomic E-state index is 13.1. The highest BCUT2D eigenvalue weighted by atomic mass is 16.6. The van der Waals surface area contributed by atoms with Crippen LogP contribution < -0.4 is 0 Å². The Bertz CT molecular complexity index is 855. The molecule has 31 heavy (non-hydrogen) atoms.